The molecule has 0 saturated carbocycles. The van der Waals surface area contributed by atoms with Crippen molar-refractivity contribution >= 4 is 11.7 Å². The van der Waals surface area contributed by atoms with Gasteiger partial charge in [0.2, 0.25) is 0 Å². The normalized spacial score (nSPS) is 15.5. The number of hydrogen-bond donors (Lipinski definition) is 1. The van der Waals surface area contributed by atoms with Crippen LogP contribution in [0.3, 0.4) is 0 Å². The Hall–Kier alpha value is -3.06. The largest absolute Gasteiger partial charge is 0.306 e. The maximum atomic E-state index is 12.6. The van der Waals surface area contributed by atoms with Crippen molar-refractivity contribution in [1.82, 2.24) is 24.6 Å². The summed E-state index contributed by atoms with van der Waals surface area (Å²) in [4.78, 5) is 23.6. The number of aryl methyl sites for hydroxylation is 1. The molecule has 1 N–H and O–H groups in total. The maximum Gasteiger partial charge on any atom is 0.275 e. The van der Waals surface area contributed by atoms with Gasteiger partial charge in [-0.15, -0.1) is 0 Å². The van der Waals surface area contributed by atoms with Crippen molar-refractivity contribution in [1.29, 1.82) is 0 Å². The van der Waals surface area contributed by atoms with Crippen molar-refractivity contribution in [2.75, 3.05) is 25.5 Å². The van der Waals surface area contributed by atoms with Crippen molar-refractivity contribution in [3.8, 4) is 5.82 Å². The highest BCUT2D eigenvalue weighted by Crippen LogP contribution is 2.29. The Labute approximate surface area is 164 Å². The molecule has 0 aromatic carbocycles. The Morgan fingerprint density at radius 2 is 1.96 bits per heavy atom. The molecule has 4 heterocycles. The molecule has 1 amide bonds. The van der Waals surface area contributed by atoms with E-state index in [0.29, 0.717) is 23.2 Å². The van der Waals surface area contributed by atoms with Crippen LogP contribution in [0.1, 0.15) is 40.5 Å². The van der Waals surface area contributed by atoms with Crippen molar-refractivity contribution < 1.29 is 4.79 Å². The number of carbonyl (C=O) groups excluding carboxylic acids is 1. The van der Waals surface area contributed by atoms with E-state index in [4.69, 9.17) is 5.10 Å². The quantitative estimate of drug-likeness (QED) is 0.757. The molecule has 1 fully saturated rings. The van der Waals surface area contributed by atoms with Gasteiger partial charge in [-0.2, -0.15) is 9.78 Å². The van der Waals surface area contributed by atoms with Gasteiger partial charge in [0, 0.05) is 24.4 Å². The zero-order chi connectivity index (χ0) is 19.5. The number of hydrogen-bond acceptors (Lipinski definition) is 5. The summed E-state index contributed by atoms with van der Waals surface area (Å²) < 4.78 is 1.72. The van der Waals surface area contributed by atoms with Crippen LogP contribution in [0.4, 0.5) is 5.82 Å². The van der Waals surface area contributed by atoms with E-state index in [9.17, 15) is 4.79 Å². The van der Waals surface area contributed by atoms with Gasteiger partial charge in [0.1, 0.15) is 11.5 Å². The summed E-state index contributed by atoms with van der Waals surface area (Å²) in [7, 11) is 2.14. The van der Waals surface area contributed by atoms with E-state index in [-0.39, 0.29) is 5.91 Å². The first-order chi connectivity index (χ1) is 13.6. The summed E-state index contributed by atoms with van der Waals surface area (Å²) in [6.07, 6.45) is 5.53. The first kappa shape index (κ1) is 18.3. The molecule has 0 spiro atoms. The molecule has 1 aliphatic heterocycles. The van der Waals surface area contributed by atoms with Crippen LogP contribution in [0, 0.1) is 6.92 Å². The third-order valence-corrected chi connectivity index (χ3v) is 5.12. The molecular weight excluding hydrogens is 352 g/mol. The molecule has 7 nitrogen and oxygen atoms in total. The SMILES string of the molecule is Cc1ccc(-n2nc(C3CCN(C)CC3)cc2NC(=O)c2ccccn2)nc1. The molecule has 0 aliphatic carbocycles. The van der Waals surface area contributed by atoms with E-state index in [0.717, 1.165) is 37.2 Å². The molecule has 0 atom stereocenters. The summed E-state index contributed by atoms with van der Waals surface area (Å²) in [6.45, 7) is 4.10. The molecule has 0 unspecified atom stereocenters. The van der Waals surface area contributed by atoms with Crippen molar-refractivity contribution in [3.63, 3.8) is 0 Å². The minimum absolute atomic E-state index is 0.260. The highest BCUT2D eigenvalue weighted by molar-refractivity contribution is 6.02. The van der Waals surface area contributed by atoms with Crippen LogP contribution in [0.25, 0.3) is 5.82 Å². The number of nitrogens with zero attached hydrogens (tertiary/aromatic N) is 5. The van der Waals surface area contributed by atoms with Crippen LogP contribution < -0.4 is 5.32 Å². The Morgan fingerprint density at radius 3 is 2.64 bits per heavy atom. The van der Waals surface area contributed by atoms with Gasteiger partial charge in [-0.05, 0) is 63.7 Å². The number of aromatic nitrogens is 4. The summed E-state index contributed by atoms with van der Waals surface area (Å²) in [5, 5.41) is 7.76. The predicted molar refractivity (Wildman–Crippen MR) is 108 cm³/mol. The Bertz CT molecular complexity index is 943. The van der Waals surface area contributed by atoms with Crippen molar-refractivity contribution in [2.24, 2.45) is 0 Å². The Morgan fingerprint density at radius 1 is 1.14 bits per heavy atom. The van der Waals surface area contributed by atoms with E-state index in [2.05, 4.69) is 27.2 Å². The molecule has 4 rings (SSSR count). The predicted octanol–water partition coefficient (Wildman–Crippen LogP) is 3.03. The monoisotopic (exact) mass is 376 g/mol. The lowest BCUT2D eigenvalue weighted by molar-refractivity contribution is 0.102. The summed E-state index contributed by atoms with van der Waals surface area (Å²) >= 11 is 0. The van der Waals surface area contributed by atoms with E-state index in [1.165, 1.54) is 0 Å². The zero-order valence-corrected chi connectivity index (χ0v) is 16.2. The molecule has 1 saturated heterocycles. The number of carbonyl (C=O) groups is 1. The maximum absolute atomic E-state index is 12.6. The smallest absolute Gasteiger partial charge is 0.275 e. The fourth-order valence-corrected chi connectivity index (χ4v) is 3.43. The minimum Gasteiger partial charge on any atom is -0.306 e. The van der Waals surface area contributed by atoms with Gasteiger partial charge in [0.05, 0.1) is 5.69 Å². The number of likely N-dealkylation sites (tertiary alicyclic amines) is 1. The highest BCUT2D eigenvalue weighted by atomic mass is 16.2. The van der Waals surface area contributed by atoms with E-state index < -0.39 is 0 Å². The standard InChI is InChI=1S/C21H24N6O/c1-15-6-7-19(23-14-15)27-20(24-21(28)17-5-3-4-10-22-17)13-18(25-27)16-8-11-26(2)12-9-16/h3-7,10,13-14,16H,8-9,11-12H2,1-2H3,(H,24,28). The van der Waals surface area contributed by atoms with E-state index >= 15 is 0 Å². The summed E-state index contributed by atoms with van der Waals surface area (Å²) in [6, 6.07) is 11.2. The first-order valence-electron chi connectivity index (χ1n) is 9.54. The molecule has 1 aliphatic rings. The summed E-state index contributed by atoms with van der Waals surface area (Å²) in [5.74, 6) is 1.42. The van der Waals surface area contributed by atoms with Crippen LogP contribution >= 0.6 is 0 Å². The number of anilines is 1. The van der Waals surface area contributed by atoms with Crippen molar-refractivity contribution in [2.45, 2.75) is 25.7 Å². The lowest BCUT2D eigenvalue weighted by Crippen LogP contribution is -2.29. The topological polar surface area (TPSA) is 75.9 Å². The van der Waals surface area contributed by atoms with E-state index in [1.807, 2.05) is 25.1 Å². The fraction of sp³-hybridized carbons (Fsp3) is 0.333. The minimum atomic E-state index is -0.260. The van der Waals surface area contributed by atoms with Crippen LogP contribution in [0.5, 0.6) is 0 Å². The second-order valence-corrected chi connectivity index (χ2v) is 7.31. The molecule has 7 heteroatoms. The number of nitrogens with one attached hydrogen (secondary N) is 1. The first-order valence-corrected chi connectivity index (χ1v) is 9.54. The molecule has 3 aromatic heterocycles. The highest BCUT2D eigenvalue weighted by Gasteiger charge is 2.23. The number of piperidine rings is 1. The van der Waals surface area contributed by atoms with Crippen LogP contribution in [-0.2, 0) is 0 Å². The van der Waals surface area contributed by atoms with Gasteiger partial charge >= 0.3 is 0 Å². The van der Waals surface area contributed by atoms with Gasteiger partial charge in [-0.25, -0.2) is 4.98 Å². The molecule has 0 radical (unpaired) electrons. The molecule has 144 valence electrons. The van der Waals surface area contributed by atoms with Gasteiger partial charge < -0.3 is 10.2 Å². The molecule has 28 heavy (non-hydrogen) atoms. The summed E-state index contributed by atoms with van der Waals surface area (Å²) in [5.41, 5.74) is 2.44. The zero-order valence-electron chi connectivity index (χ0n) is 16.2. The average molecular weight is 376 g/mol. The number of amides is 1. The lowest BCUT2D eigenvalue weighted by Gasteiger charge is -2.27. The Kier molecular flexibility index (Phi) is 5.16. The number of rotatable bonds is 4. The molecular formula is C21H24N6O. The van der Waals surface area contributed by atoms with Crippen LogP contribution in [0.2, 0.25) is 0 Å². The third-order valence-electron chi connectivity index (χ3n) is 5.12. The van der Waals surface area contributed by atoms with E-state index in [1.54, 1.807) is 35.3 Å². The van der Waals surface area contributed by atoms with Gasteiger partial charge in [-0.3, -0.25) is 9.78 Å². The second-order valence-electron chi connectivity index (χ2n) is 7.31. The average Bonchev–Trinajstić information content (AvgIpc) is 3.13. The van der Waals surface area contributed by atoms with Crippen molar-refractivity contribution in [3.05, 3.63) is 65.7 Å². The van der Waals surface area contributed by atoms with Gasteiger partial charge in [0.15, 0.2) is 5.82 Å². The van der Waals surface area contributed by atoms with Crippen LogP contribution in [0.15, 0.2) is 48.8 Å². The van der Waals surface area contributed by atoms with Gasteiger partial charge in [-0.1, -0.05) is 12.1 Å². The van der Waals surface area contributed by atoms with Crippen LogP contribution in [-0.4, -0.2) is 50.7 Å². The second kappa shape index (κ2) is 7.90. The lowest BCUT2D eigenvalue weighted by atomic mass is 9.94. The number of pyridine rings is 2. The molecule has 0 bridgehead atoms. The molecule has 3 aromatic rings. The third kappa shape index (κ3) is 3.94. The van der Waals surface area contributed by atoms with Gasteiger partial charge in [0.25, 0.3) is 5.91 Å². The Balaban J connectivity index is 1.66. The fourth-order valence-electron chi connectivity index (χ4n) is 3.43.